The fourth-order valence-electron chi connectivity index (χ4n) is 2.15. The molecule has 2 aromatic heterocycles. The Morgan fingerprint density at radius 1 is 1.40 bits per heavy atom. The number of aliphatic hydroxyl groups is 2. The Balaban J connectivity index is 2.06. The Morgan fingerprint density at radius 3 is 2.80 bits per heavy atom. The Morgan fingerprint density at radius 2 is 2.15 bits per heavy atom. The third kappa shape index (κ3) is 1.65. The summed E-state index contributed by atoms with van der Waals surface area (Å²) >= 11 is 0. The lowest BCUT2D eigenvalue weighted by Gasteiger charge is -2.18. The van der Waals surface area contributed by atoms with Gasteiger partial charge >= 0.3 is 5.92 Å². The first-order chi connectivity index (χ1) is 9.46. The van der Waals surface area contributed by atoms with Crippen LogP contribution < -0.4 is 5.73 Å². The molecular formula is C10H11F2N5O3. The number of ether oxygens (including phenoxy) is 1. The van der Waals surface area contributed by atoms with Gasteiger partial charge < -0.3 is 20.7 Å². The molecule has 0 unspecified atom stereocenters. The summed E-state index contributed by atoms with van der Waals surface area (Å²) in [4.78, 5) is 11.5. The van der Waals surface area contributed by atoms with Gasteiger partial charge in [0.2, 0.25) is 0 Å². The molecule has 0 saturated carbocycles. The maximum Gasteiger partial charge on any atom is 0.305 e. The molecule has 3 atom stereocenters. The zero-order valence-corrected chi connectivity index (χ0v) is 10.0. The largest absolute Gasteiger partial charge is 0.393 e. The molecule has 1 fully saturated rings. The van der Waals surface area contributed by atoms with Crippen LogP contribution in [0.2, 0.25) is 0 Å². The maximum atomic E-state index is 13.7. The van der Waals surface area contributed by atoms with Crippen LogP contribution in [0.5, 0.6) is 0 Å². The molecule has 0 aliphatic carbocycles. The maximum absolute atomic E-state index is 13.7. The molecule has 1 aliphatic rings. The summed E-state index contributed by atoms with van der Waals surface area (Å²) in [6, 6.07) is 0. The van der Waals surface area contributed by atoms with E-state index >= 15 is 0 Å². The van der Waals surface area contributed by atoms with Crippen LogP contribution in [-0.2, 0) is 4.74 Å². The highest BCUT2D eigenvalue weighted by Gasteiger charge is 2.59. The number of nitrogens with two attached hydrogens (primary N) is 1. The first-order valence-corrected chi connectivity index (χ1v) is 5.72. The molecule has 8 nitrogen and oxygen atoms in total. The number of fused-ring (bicyclic) bond motifs is 1. The Bertz CT molecular complexity index is 649. The molecule has 0 bridgehead atoms. The quantitative estimate of drug-likeness (QED) is 0.667. The topological polar surface area (TPSA) is 119 Å². The van der Waals surface area contributed by atoms with E-state index in [9.17, 15) is 13.9 Å². The van der Waals surface area contributed by atoms with Gasteiger partial charge in [-0.3, -0.25) is 4.57 Å². The van der Waals surface area contributed by atoms with Gasteiger partial charge in [0.25, 0.3) is 0 Å². The number of aliphatic hydroxyl groups excluding tert-OH is 2. The van der Waals surface area contributed by atoms with Crippen LogP contribution >= 0.6 is 0 Å². The van der Waals surface area contributed by atoms with E-state index in [1.807, 2.05) is 0 Å². The third-order valence-electron chi connectivity index (χ3n) is 3.22. The second-order valence-corrected chi connectivity index (χ2v) is 4.40. The number of alkyl halides is 2. The van der Waals surface area contributed by atoms with Crippen molar-refractivity contribution in [3.05, 3.63) is 12.7 Å². The van der Waals surface area contributed by atoms with E-state index in [-0.39, 0.29) is 17.0 Å². The van der Waals surface area contributed by atoms with Gasteiger partial charge in [-0.2, -0.15) is 0 Å². The summed E-state index contributed by atoms with van der Waals surface area (Å²) in [5, 5.41) is 18.6. The van der Waals surface area contributed by atoms with Crippen molar-refractivity contribution in [3.8, 4) is 0 Å². The summed E-state index contributed by atoms with van der Waals surface area (Å²) in [5.74, 6) is -3.49. The Hall–Kier alpha value is -1.91. The van der Waals surface area contributed by atoms with Crippen LogP contribution in [0.3, 0.4) is 0 Å². The number of hydrogen-bond donors (Lipinski definition) is 3. The van der Waals surface area contributed by atoms with Crippen molar-refractivity contribution in [1.29, 1.82) is 0 Å². The highest BCUT2D eigenvalue weighted by Crippen LogP contribution is 2.41. The lowest BCUT2D eigenvalue weighted by Crippen LogP contribution is -2.40. The van der Waals surface area contributed by atoms with Gasteiger partial charge in [-0.15, -0.1) is 0 Å². The second kappa shape index (κ2) is 4.30. The van der Waals surface area contributed by atoms with E-state index in [4.69, 9.17) is 15.6 Å². The fraction of sp³-hybridized carbons (Fsp3) is 0.500. The van der Waals surface area contributed by atoms with Crippen LogP contribution in [0.25, 0.3) is 11.2 Å². The lowest BCUT2D eigenvalue weighted by atomic mass is 10.1. The minimum atomic E-state index is -3.57. The predicted molar refractivity (Wildman–Crippen MR) is 61.7 cm³/mol. The predicted octanol–water partition coefficient (Wildman–Crippen LogP) is -0.706. The van der Waals surface area contributed by atoms with Gasteiger partial charge in [0.15, 0.2) is 23.8 Å². The van der Waals surface area contributed by atoms with Crippen molar-refractivity contribution in [3.63, 3.8) is 0 Å². The molecule has 0 aromatic carbocycles. The molecule has 2 aromatic rings. The molecule has 3 rings (SSSR count). The van der Waals surface area contributed by atoms with Gasteiger partial charge in [-0.25, -0.2) is 23.7 Å². The van der Waals surface area contributed by atoms with E-state index in [1.54, 1.807) is 0 Å². The number of halogens is 2. The average molecular weight is 287 g/mol. The zero-order chi connectivity index (χ0) is 14.5. The number of anilines is 1. The van der Waals surface area contributed by atoms with E-state index in [0.29, 0.717) is 0 Å². The number of nitrogen functional groups attached to an aromatic ring is 1. The van der Waals surface area contributed by atoms with E-state index in [0.717, 1.165) is 10.9 Å². The highest BCUT2D eigenvalue weighted by molar-refractivity contribution is 5.81. The number of rotatable bonds is 2. The van der Waals surface area contributed by atoms with Gasteiger partial charge in [0.1, 0.15) is 17.9 Å². The van der Waals surface area contributed by atoms with E-state index < -0.39 is 31.0 Å². The molecule has 0 spiro atoms. The Kier molecular flexibility index (Phi) is 2.81. The summed E-state index contributed by atoms with van der Waals surface area (Å²) in [5.41, 5.74) is 5.98. The third-order valence-corrected chi connectivity index (χ3v) is 3.22. The molecule has 20 heavy (non-hydrogen) atoms. The van der Waals surface area contributed by atoms with E-state index in [2.05, 4.69) is 15.0 Å². The summed E-state index contributed by atoms with van der Waals surface area (Å²) in [6.07, 6.45) is -3.01. The van der Waals surface area contributed by atoms with Crippen molar-refractivity contribution in [2.75, 3.05) is 12.3 Å². The molecule has 3 heterocycles. The van der Waals surface area contributed by atoms with Gasteiger partial charge in [0, 0.05) is 0 Å². The minimum absolute atomic E-state index is 0.0895. The van der Waals surface area contributed by atoms with Crippen molar-refractivity contribution < 1.29 is 23.7 Å². The summed E-state index contributed by atoms with van der Waals surface area (Å²) in [6.45, 7) is -0.912. The van der Waals surface area contributed by atoms with Crippen molar-refractivity contribution in [1.82, 2.24) is 19.5 Å². The molecule has 0 amide bonds. The average Bonchev–Trinajstić information content (AvgIpc) is 2.92. The summed E-state index contributed by atoms with van der Waals surface area (Å²) in [7, 11) is 0. The smallest absolute Gasteiger partial charge is 0.305 e. The Labute approximate surface area is 110 Å². The highest BCUT2D eigenvalue weighted by atomic mass is 19.3. The molecule has 0 radical (unpaired) electrons. The molecule has 4 N–H and O–H groups in total. The van der Waals surface area contributed by atoms with Gasteiger partial charge in [-0.1, -0.05) is 0 Å². The number of hydrogen-bond acceptors (Lipinski definition) is 7. The number of aromatic nitrogens is 4. The van der Waals surface area contributed by atoms with Crippen LogP contribution in [0, 0.1) is 0 Å². The second-order valence-electron chi connectivity index (χ2n) is 4.40. The van der Waals surface area contributed by atoms with Crippen LogP contribution in [0.4, 0.5) is 14.6 Å². The molecule has 1 aliphatic heterocycles. The monoisotopic (exact) mass is 287 g/mol. The van der Waals surface area contributed by atoms with Gasteiger partial charge in [-0.05, 0) is 0 Å². The minimum Gasteiger partial charge on any atom is -0.393 e. The van der Waals surface area contributed by atoms with Crippen LogP contribution in [-0.4, -0.2) is 54.5 Å². The van der Waals surface area contributed by atoms with E-state index in [1.165, 1.54) is 6.33 Å². The SMILES string of the molecule is Nc1ncnc2c1ncn2[C@H]1O[C@@H](CO)C(F)(F)[C@@H]1O. The van der Waals surface area contributed by atoms with Crippen molar-refractivity contribution in [2.24, 2.45) is 0 Å². The molecule has 108 valence electrons. The normalized spacial score (nSPS) is 29.1. The lowest BCUT2D eigenvalue weighted by molar-refractivity contribution is -0.123. The first-order valence-electron chi connectivity index (χ1n) is 5.72. The fourth-order valence-corrected chi connectivity index (χ4v) is 2.15. The van der Waals surface area contributed by atoms with Crippen LogP contribution in [0.1, 0.15) is 6.23 Å². The molecular weight excluding hydrogens is 276 g/mol. The number of imidazole rings is 1. The van der Waals surface area contributed by atoms with Crippen LogP contribution in [0.15, 0.2) is 12.7 Å². The standard InChI is InChI=1S/C10H11F2N5O3/c11-10(12)4(1-18)20-9(6(10)19)17-3-16-5-7(13)14-2-15-8(5)17/h2-4,6,9,18-19H,1H2,(H2,13,14,15)/t4-,6+,9-/m0/s1. The molecule has 1 saturated heterocycles. The van der Waals surface area contributed by atoms with Gasteiger partial charge in [0.05, 0.1) is 12.9 Å². The summed E-state index contributed by atoms with van der Waals surface area (Å²) < 4.78 is 33.5. The van der Waals surface area contributed by atoms with Crippen molar-refractivity contribution >= 4 is 17.0 Å². The number of nitrogens with zero attached hydrogens (tertiary/aromatic N) is 4. The first kappa shape index (κ1) is 13.1. The molecule has 10 heteroatoms. The zero-order valence-electron chi connectivity index (χ0n) is 10.0. The van der Waals surface area contributed by atoms with Crippen molar-refractivity contribution in [2.45, 2.75) is 24.4 Å².